The Morgan fingerprint density at radius 3 is 2.60 bits per heavy atom. The highest BCUT2D eigenvalue weighted by molar-refractivity contribution is 5.81. The number of rotatable bonds is 6. The SMILES string of the molecule is CC1CC1C(=O)NCC(C)(C)CCCO. The molecule has 1 rings (SSSR count). The molecule has 0 heterocycles. The van der Waals surface area contributed by atoms with Crippen molar-refractivity contribution in [3.63, 3.8) is 0 Å². The Hall–Kier alpha value is -0.570. The molecule has 0 spiro atoms. The molecular weight excluding hydrogens is 190 g/mol. The van der Waals surface area contributed by atoms with Gasteiger partial charge in [0.15, 0.2) is 0 Å². The van der Waals surface area contributed by atoms with Gasteiger partial charge in [-0.3, -0.25) is 4.79 Å². The van der Waals surface area contributed by atoms with Gasteiger partial charge in [-0.15, -0.1) is 0 Å². The van der Waals surface area contributed by atoms with Gasteiger partial charge in [0.05, 0.1) is 0 Å². The molecule has 0 aromatic carbocycles. The zero-order chi connectivity index (χ0) is 11.5. The van der Waals surface area contributed by atoms with Crippen LogP contribution in [0.3, 0.4) is 0 Å². The fourth-order valence-corrected chi connectivity index (χ4v) is 1.79. The molecule has 0 saturated heterocycles. The van der Waals surface area contributed by atoms with Gasteiger partial charge in [0.25, 0.3) is 0 Å². The van der Waals surface area contributed by atoms with Crippen molar-refractivity contribution in [3.8, 4) is 0 Å². The van der Waals surface area contributed by atoms with Gasteiger partial charge in [-0.1, -0.05) is 20.8 Å². The van der Waals surface area contributed by atoms with Gasteiger partial charge in [-0.05, 0) is 30.6 Å². The first-order valence-corrected chi connectivity index (χ1v) is 5.85. The van der Waals surface area contributed by atoms with Gasteiger partial charge >= 0.3 is 0 Å². The van der Waals surface area contributed by atoms with Crippen molar-refractivity contribution in [3.05, 3.63) is 0 Å². The smallest absolute Gasteiger partial charge is 0.223 e. The first-order valence-electron chi connectivity index (χ1n) is 5.85. The van der Waals surface area contributed by atoms with Gasteiger partial charge in [0.1, 0.15) is 0 Å². The van der Waals surface area contributed by atoms with Crippen molar-refractivity contribution in [1.82, 2.24) is 5.32 Å². The van der Waals surface area contributed by atoms with E-state index in [-0.39, 0.29) is 23.8 Å². The number of hydrogen-bond acceptors (Lipinski definition) is 2. The normalized spacial score (nSPS) is 25.1. The standard InChI is InChI=1S/C12H23NO2/c1-9-7-10(9)11(15)13-8-12(2,3)5-4-6-14/h9-10,14H,4-8H2,1-3H3,(H,13,15). The fourth-order valence-electron chi connectivity index (χ4n) is 1.79. The molecule has 0 aromatic heterocycles. The minimum Gasteiger partial charge on any atom is -0.396 e. The minimum absolute atomic E-state index is 0.0938. The van der Waals surface area contributed by atoms with Crippen LogP contribution >= 0.6 is 0 Å². The molecule has 15 heavy (non-hydrogen) atoms. The molecule has 0 aliphatic heterocycles. The Bertz CT molecular complexity index is 226. The highest BCUT2D eigenvalue weighted by Crippen LogP contribution is 2.37. The van der Waals surface area contributed by atoms with Crippen LogP contribution in [0.1, 0.15) is 40.0 Å². The summed E-state index contributed by atoms with van der Waals surface area (Å²) in [4.78, 5) is 11.6. The van der Waals surface area contributed by atoms with E-state index < -0.39 is 0 Å². The number of amides is 1. The largest absolute Gasteiger partial charge is 0.396 e. The first-order chi connectivity index (χ1) is 6.96. The minimum atomic E-state index is 0.0938. The van der Waals surface area contributed by atoms with Crippen molar-refractivity contribution < 1.29 is 9.90 Å². The number of aliphatic hydroxyl groups excluding tert-OH is 1. The monoisotopic (exact) mass is 213 g/mol. The summed E-state index contributed by atoms with van der Waals surface area (Å²) in [5, 5.41) is 11.8. The van der Waals surface area contributed by atoms with E-state index in [4.69, 9.17) is 5.11 Å². The Morgan fingerprint density at radius 1 is 1.53 bits per heavy atom. The summed E-state index contributed by atoms with van der Waals surface area (Å²) in [7, 11) is 0. The third kappa shape index (κ3) is 4.20. The number of hydrogen-bond donors (Lipinski definition) is 2. The Morgan fingerprint density at radius 2 is 2.13 bits per heavy atom. The molecular formula is C12H23NO2. The lowest BCUT2D eigenvalue weighted by Crippen LogP contribution is -2.35. The Balaban J connectivity index is 2.20. The molecule has 1 aliphatic carbocycles. The summed E-state index contributed by atoms with van der Waals surface area (Å²) in [6.45, 7) is 7.31. The summed E-state index contributed by atoms with van der Waals surface area (Å²) in [6.07, 6.45) is 2.80. The van der Waals surface area contributed by atoms with E-state index in [1.807, 2.05) is 0 Å². The second-order valence-corrected chi connectivity index (χ2v) is 5.53. The van der Waals surface area contributed by atoms with Crippen molar-refractivity contribution >= 4 is 5.91 Å². The quantitative estimate of drug-likeness (QED) is 0.703. The van der Waals surface area contributed by atoms with Crippen LogP contribution < -0.4 is 5.32 Å². The molecule has 1 aliphatic rings. The van der Waals surface area contributed by atoms with E-state index >= 15 is 0 Å². The van der Waals surface area contributed by atoms with E-state index in [1.54, 1.807) is 0 Å². The van der Waals surface area contributed by atoms with E-state index in [2.05, 4.69) is 26.1 Å². The summed E-state index contributed by atoms with van der Waals surface area (Å²) in [6, 6.07) is 0. The molecule has 1 amide bonds. The zero-order valence-electron chi connectivity index (χ0n) is 10.0. The molecule has 0 radical (unpaired) electrons. The predicted octanol–water partition coefficient (Wildman–Crippen LogP) is 1.56. The molecule has 2 unspecified atom stereocenters. The molecule has 0 bridgehead atoms. The number of carbonyl (C=O) groups excluding carboxylic acids is 1. The average molecular weight is 213 g/mol. The maximum atomic E-state index is 11.6. The van der Waals surface area contributed by atoms with Crippen molar-refractivity contribution in [2.45, 2.75) is 40.0 Å². The van der Waals surface area contributed by atoms with Crippen molar-refractivity contribution in [2.24, 2.45) is 17.3 Å². The molecule has 3 heteroatoms. The van der Waals surface area contributed by atoms with Crippen molar-refractivity contribution in [1.29, 1.82) is 0 Å². The summed E-state index contributed by atoms with van der Waals surface area (Å²) >= 11 is 0. The molecule has 2 atom stereocenters. The van der Waals surface area contributed by atoms with E-state index in [0.29, 0.717) is 5.92 Å². The summed E-state index contributed by atoms with van der Waals surface area (Å²) < 4.78 is 0. The summed E-state index contributed by atoms with van der Waals surface area (Å²) in [5.74, 6) is 1.05. The lowest BCUT2D eigenvalue weighted by atomic mass is 9.88. The molecule has 1 fully saturated rings. The second-order valence-electron chi connectivity index (χ2n) is 5.53. The molecule has 88 valence electrons. The highest BCUT2D eigenvalue weighted by atomic mass is 16.2. The Labute approximate surface area is 92.3 Å². The maximum absolute atomic E-state index is 11.6. The fraction of sp³-hybridized carbons (Fsp3) is 0.917. The Kier molecular flexibility index (Phi) is 4.14. The van der Waals surface area contributed by atoms with E-state index in [9.17, 15) is 4.79 Å². The van der Waals surface area contributed by atoms with E-state index in [1.165, 1.54) is 0 Å². The van der Waals surface area contributed by atoms with E-state index in [0.717, 1.165) is 25.8 Å². The van der Waals surface area contributed by atoms with Gasteiger partial charge in [0, 0.05) is 19.1 Å². The first kappa shape index (κ1) is 12.5. The van der Waals surface area contributed by atoms with Crippen LogP contribution in [0.4, 0.5) is 0 Å². The maximum Gasteiger partial charge on any atom is 0.223 e. The van der Waals surface area contributed by atoms with Crippen LogP contribution in [-0.4, -0.2) is 24.2 Å². The number of aliphatic hydroxyl groups is 1. The van der Waals surface area contributed by atoms with Gasteiger partial charge in [-0.2, -0.15) is 0 Å². The topological polar surface area (TPSA) is 49.3 Å². The number of nitrogens with one attached hydrogen (secondary N) is 1. The average Bonchev–Trinajstić information content (AvgIpc) is 2.89. The van der Waals surface area contributed by atoms with Crippen LogP contribution in [0.5, 0.6) is 0 Å². The lowest BCUT2D eigenvalue weighted by Gasteiger charge is -2.24. The third-order valence-corrected chi connectivity index (χ3v) is 3.20. The molecule has 3 nitrogen and oxygen atoms in total. The van der Waals surface area contributed by atoms with Crippen molar-refractivity contribution in [2.75, 3.05) is 13.2 Å². The van der Waals surface area contributed by atoms with Gasteiger partial charge in [0.2, 0.25) is 5.91 Å². The van der Waals surface area contributed by atoms with Crippen LogP contribution in [0, 0.1) is 17.3 Å². The highest BCUT2D eigenvalue weighted by Gasteiger charge is 2.39. The molecule has 2 N–H and O–H groups in total. The van der Waals surface area contributed by atoms with Crippen LogP contribution in [-0.2, 0) is 4.79 Å². The molecule has 1 saturated carbocycles. The van der Waals surface area contributed by atoms with Crippen LogP contribution in [0.15, 0.2) is 0 Å². The van der Waals surface area contributed by atoms with Crippen LogP contribution in [0.2, 0.25) is 0 Å². The zero-order valence-corrected chi connectivity index (χ0v) is 10.0. The number of carbonyl (C=O) groups is 1. The second kappa shape index (κ2) is 4.97. The molecule has 0 aromatic rings. The predicted molar refractivity (Wildman–Crippen MR) is 60.4 cm³/mol. The summed E-state index contributed by atoms with van der Waals surface area (Å²) in [5.41, 5.74) is 0.0938. The lowest BCUT2D eigenvalue weighted by molar-refractivity contribution is -0.123. The van der Waals surface area contributed by atoms with Gasteiger partial charge in [-0.25, -0.2) is 0 Å². The third-order valence-electron chi connectivity index (χ3n) is 3.20. The van der Waals surface area contributed by atoms with Crippen LogP contribution in [0.25, 0.3) is 0 Å². The van der Waals surface area contributed by atoms with Gasteiger partial charge < -0.3 is 10.4 Å².